The standard InChI is InChI=1S/C13H9FN4/c14-10-6-7-12(15-8-10)13-17-16-9-18(13)11-4-2-1-3-5-11/h1-9H. The van der Waals surface area contributed by atoms with Crippen LogP contribution in [0.15, 0.2) is 55.0 Å². The minimum absolute atomic E-state index is 0.371. The molecule has 0 N–H and O–H groups in total. The first-order chi connectivity index (χ1) is 8.84. The summed E-state index contributed by atoms with van der Waals surface area (Å²) in [6.07, 6.45) is 2.77. The van der Waals surface area contributed by atoms with Crippen LogP contribution < -0.4 is 0 Å². The van der Waals surface area contributed by atoms with Gasteiger partial charge in [-0.25, -0.2) is 9.37 Å². The second-order valence-corrected chi connectivity index (χ2v) is 3.72. The zero-order chi connectivity index (χ0) is 12.4. The molecule has 18 heavy (non-hydrogen) atoms. The van der Waals surface area contributed by atoms with Gasteiger partial charge in [-0.1, -0.05) is 18.2 Å². The lowest BCUT2D eigenvalue weighted by Crippen LogP contribution is -1.97. The highest BCUT2D eigenvalue weighted by atomic mass is 19.1. The summed E-state index contributed by atoms with van der Waals surface area (Å²) in [4.78, 5) is 4.01. The molecular formula is C13H9FN4. The van der Waals surface area contributed by atoms with Crippen molar-refractivity contribution in [2.24, 2.45) is 0 Å². The molecule has 0 aliphatic carbocycles. The maximum Gasteiger partial charge on any atom is 0.187 e. The highest BCUT2D eigenvalue weighted by Crippen LogP contribution is 2.18. The van der Waals surface area contributed by atoms with Crippen LogP contribution >= 0.6 is 0 Å². The van der Waals surface area contributed by atoms with Gasteiger partial charge in [0.05, 0.1) is 6.20 Å². The Morgan fingerprint density at radius 3 is 2.56 bits per heavy atom. The van der Waals surface area contributed by atoms with Crippen molar-refractivity contribution in [2.75, 3.05) is 0 Å². The summed E-state index contributed by atoms with van der Waals surface area (Å²) < 4.78 is 14.7. The van der Waals surface area contributed by atoms with E-state index in [1.807, 2.05) is 30.3 Å². The third-order valence-electron chi connectivity index (χ3n) is 2.54. The predicted octanol–water partition coefficient (Wildman–Crippen LogP) is 2.47. The lowest BCUT2D eigenvalue weighted by atomic mass is 10.3. The monoisotopic (exact) mass is 240 g/mol. The van der Waals surface area contributed by atoms with Gasteiger partial charge in [-0.2, -0.15) is 0 Å². The van der Waals surface area contributed by atoms with E-state index in [4.69, 9.17) is 0 Å². The van der Waals surface area contributed by atoms with Crippen molar-refractivity contribution in [3.8, 4) is 17.2 Å². The van der Waals surface area contributed by atoms with Crippen LogP contribution in [0.1, 0.15) is 0 Å². The van der Waals surface area contributed by atoms with Gasteiger partial charge in [0.15, 0.2) is 5.82 Å². The molecule has 3 rings (SSSR count). The molecule has 0 fully saturated rings. The van der Waals surface area contributed by atoms with Gasteiger partial charge < -0.3 is 0 Å². The second-order valence-electron chi connectivity index (χ2n) is 3.72. The number of nitrogens with zero attached hydrogens (tertiary/aromatic N) is 4. The van der Waals surface area contributed by atoms with Gasteiger partial charge in [0.2, 0.25) is 0 Å². The van der Waals surface area contributed by atoms with Crippen molar-refractivity contribution < 1.29 is 4.39 Å². The minimum atomic E-state index is -0.371. The third kappa shape index (κ3) is 1.86. The Morgan fingerprint density at radius 1 is 1.00 bits per heavy atom. The number of rotatable bonds is 2. The smallest absolute Gasteiger partial charge is 0.187 e. The number of benzene rings is 1. The number of hydrogen-bond acceptors (Lipinski definition) is 3. The van der Waals surface area contributed by atoms with Gasteiger partial charge >= 0.3 is 0 Å². The van der Waals surface area contributed by atoms with Gasteiger partial charge in [0, 0.05) is 5.69 Å². The lowest BCUT2D eigenvalue weighted by molar-refractivity contribution is 0.621. The molecule has 2 heterocycles. The van der Waals surface area contributed by atoms with Crippen molar-refractivity contribution in [1.29, 1.82) is 0 Å². The molecule has 5 heteroatoms. The van der Waals surface area contributed by atoms with Crippen LogP contribution in [0, 0.1) is 5.82 Å². The van der Waals surface area contributed by atoms with E-state index in [9.17, 15) is 4.39 Å². The van der Waals surface area contributed by atoms with E-state index in [0.717, 1.165) is 5.69 Å². The van der Waals surface area contributed by atoms with Crippen molar-refractivity contribution in [3.63, 3.8) is 0 Å². The summed E-state index contributed by atoms with van der Waals surface area (Å²) in [6.45, 7) is 0. The summed E-state index contributed by atoms with van der Waals surface area (Å²) in [7, 11) is 0. The molecule has 0 bridgehead atoms. The van der Waals surface area contributed by atoms with E-state index in [2.05, 4.69) is 15.2 Å². The Bertz CT molecular complexity index is 646. The van der Waals surface area contributed by atoms with Gasteiger partial charge in [-0.05, 0) is 24.3 Å². The largest absolute Gasteiger partial charge is 0.280 e. The zero-order valence-corrected chi connectivity index (χ0v) is 9.36. The number of hydrogen-bond donors (Lipinski definition) is 0. The Balaban J connectivity index is 2.10. The fourth-order valence-electron chi connectivity index (χ4n) is 1.70. The van der Waals surface area contributed by atoms with Crippen LogP contribution in [-0.4, -0.2) is 19.7 Å². The molecule has 0 amide bonds. The molecule has 0 saturated heterocycles. The van der Waals surface area contributed by atoms with Gasteiger partial charge in [0.1, 0.15) is 17.8 Å². The van der Waals surface area contributed by atoms with Crippen LogP contribution in [0.5, 0.6) is 0 Å². The molecule has 0 spiro atoms. The molecule has 0 radical (unpaired) electrons. The highest BCUT2D eigenvalue weighted by Gasteiger charge is 2.09. The second kappa shape index (κ2) is 4.37. The highest BCUT2D eigenvalue weighted by molar-refractivity contribution is 5.52. The molecule has 0 saturated carbocycles. The Morgan fingerprint density at radius 2 is 1.83 bits per heavy atom. The Labute approximate surface area is 103 Å². The third-order valence-corrected chi connectivity index (χ3v) is 2.54. The van der Waals surface area contributed by atoms with Crippen LogP contribution in [0.3, 0.4) is 0 Å². The van der Waals surface area contributed by atoms with Crippen molar-refractivity contribution in [1.82, 2.24) is 19.7 Å². The first-order valence-corrected chi connectivity index (χ1v) is 5.42. The van der Waals surface area contributed by atoms with Crippen LogP contribution in [0.4, 0.5) is 4.39 Å². The fraction of sp³-hybridized carbons (Fsp3) is 0. The molecule has 4 nitrogen and oxygen atoms in total. The average Bonchev–Trinajstić information content (AvgIpc) is 2.90. The summed E-state index contributed by atoms with van der Waals surface area (Å²) in [6, 6.07) is 12.6. The maximum absolute atomic E-state index is 12.8. The molecule has 1 aromatic carbocycles. The minimum Gasteiger partial charge on any atom is -0.280 e. The number of pyridine rings is 1. The SMILES string of the molecule is Fc1ccc(-c2nncn2-c2ccccc2)nc1. The van der Waals surface area contributed by atoms with E-state index in [1.54, 1.807) is 17.0 Å². The summed E-state index contributed by atoms with van der Waals surface area (Å²) in [5, 5.41) is 7.90. The Hall–Kier alpha value is -2.56. The van der Waals surface area contributed by atoms with Crippen molar-refractivity contribution in [2.45, 2.75) is 0 Å². The van der Waals surface area contributed by atoms with Crippen molar-refractivity contribution in [3.05, 3.63) is 60.8 Å². The van der Waals surface area contributed by atoms with Gasteiger partial charge in [-0.15, -0.1) is 10.2 Å². The normalized spacial score (nSPS) is 10.5. The topological polar surface area (TPSA) is 43.6 Å². The number of para-hydroxylation sites is 1. The maximum atomic E-state index is 12.8. The molecule has 3 aromatic rings. The van der Waals surface area contributed by atoms with Crippen LogP contribution in [0.2, 0.25) is 0 Å². The average molecular weight is 240 g/mol. The van der Waals surface area contributed by atoms with E-state index >= 15 is 0 Å². The molecule has 0 unspecified atom stereocenters. The van der Waals surface area contributed by atoms with Gasteiger partial charge in [0.25, 0.3) is 0 Å². The summed E-state index contributed by atoms with van der Waals surface area (Å²) in [5.41, 5.74) is 1.52. The van der Waals surface area contributed by atoms with Crippen LogP contribution in [0.25, 0.3) is 17.2 Å². The zero-order valence-electron chi connectivity index (χ0n) is 9.36. The molecular weight excluding hydrogens is 231 g/mol. The molecule has 2 aromatic heterocycles. The summed E-state index contributed by atoms with van der Waals surface area (Å²) in [5.74, 6) is 0.214. The first kappa shape index (κ1) is 10.6. The molecule has 0 atom stereocenters. The van der Waals surface area contributed by atoms with Gasteiger partial charge in [-0.3, -0.25) is 4.57 Å². The van der Waals surface area contributed by atoms with E-state index in [-0.39, 0.29) is 5.82 Å². The summed E-state index contributed by atoms with van der Waals surface area (Å²) >= 11 is 0. The van der Waals surface area contributed by atoms with Crippen LogP contribution in [-0.2, 0) is 0 Å². The fourth-order valence-corrected chi connectivity index (χ4v) is 1.70. The number of aromatic nitrogens is 4. The predicted molar refractivity (Wildman–Crippen MR) is 64.5 cm³/mol. The first-order valence-electron chi connectivity index (χ1n) is 5.42. The molecule has 88 valence electrons. The van der Waals surface area contributed by atoms with E-state index < -0.39 is 0 Å². The Kier molecular flexibility index (Phi) is 2.57. The van der Waals surface area contributed by atoms with E-state index in [1.165, 1.54) is 12.3 Å². The lowest BCUT2D eigenvalue weighted by Gasteiger charge is -2.05. The number of halogens is 1. The quantitative estimate of drug-likeness (QED) is 0.691. The molecule has 0 aliphatic heterocycles. The van der Waals surface area contributed by atoms with Crippen molar-refractivity contribution >= 4 is 0 Å². The molecule has 0 aliphatic rings. The van der Waals surface area contributed by atoms with E-state index in [0.29, 0.717) is 11.5 Å².